The number of hydrogen-bond donors (Lipinski definition) is 1. The summed E-state index contributed by atoms with van der Waals surface area (Å²) in [6.45, 7) is 7.03. The van der Waals surface area contributed by atoms with Crippen molar-refractivity contribution in [3.8, 4) is 11.5 Å². The predicted octanol–water partition coefficient (Wildman–Crippen LogP) is 6.19. The van der Waals surface area contributed by atoms with Gasteiger partial charge in [-0.15, -0.1) is 0 Å². The highest BCUT2D eigenvalue weighted by molar-refractivity contribution is 5.53. The van der Waals surface area contributed by atoms with Crippen molar-refractivity contribution in [2.45, 2.75) is 64.4 Å². The van der Waals surface area contributed by atoms with E-state index in [2.05, 4.69) is 55.1 Å². The highest BCUT2D eigenvalue weighted by Crippen LogP contribution is 2.54. The first-order chi connectivity index (χ1) is 12.9. The van der Waals surface area contributed by atoms with Gasteiger partial charge in [-0.1, -0.05) is 28.9 Å². The standard InChI is InChI=1S/C22H29N3O2/c1-15-9-10-18-17(12-15)21-19(26)13-16(14-20(21)27-22(18,2)3)8-6-4-5-7-11-24-25-23/h4,6,9,13-14,17-18,26H,5,7-8,10-12H2,1-3H3/b6-4-/t17?,18-/m0/s1. The van der Waals surface area contributed by atoms with Crippen molar-refractivity contribution in [3.05, 3.63) is 57.5 Å². The lowest BCUT2D eigenvalue weighted by Crippen LogP contribution is -2.45. The van der Waals surface area contributed by atoms with E-state index in [9.17, 15) is 5.11 Å². The maximum atomic E-state index is 10.8. The van der Waals surface area contributed by atoms with E-state index in [4.69, 9.17) is 10.3 Å². The van der Waals surface area contributed by atoms with Gasteiger partial charge in [0.25, 0.3) is 0 Å². The molecule has 27 heavy (non-hydrogen) atoms. The largest absolute Gasteiger partial charge is 0.508 e. The molecule has 0 saturated heterocycles. The molecule has 0 aromatic heterocycles. The lowest BCUT2D eigenvalue weighted by Gasteiger charge is -2.47. The summed E-state index contributed by atoms with van der Waals surface area (Å²) in [6, 6.07) is 3.97. The van der Waals surface area contributed by atoms with Gasteiger partial charge in [0.05, 0.1) is 0 Å². The smallest absolute Gasteiger partial charge is 0.127 e. The van der Waals surface area contributed by atoms with Gasteiger partial charge in [-0.2, -0.15) is 0 Å². The molecule has 0 radical (unpaired) electrons. The van der Waals surface area contributed by atoms with Crippen LogP contribution < -0.4 is 4.74 Å². The normalized spacial score (nSPS) is 23.0. The van der Waals surface area contributed by atoms with E-state index in [-0.39, 0.29) is 5.60 Å². The number of rotatable bonds is 6. The number of aromatic hydroxyl groups is 1. The Morgan fingerprint density at radius 2 is 2.19 bits per heavy atom. The Balaban J connectivity index is 1.77. The zero-order chi connectivity index (χ0) is 19.4. The van der Waals surface area contributed by atoms with Crippen molar-refractivity contribution >= 4 is 0 Å². The molecule has 1 aliphatic carbocycles. The fourth-order valence-corrected chi connectivity index (χ4v) is 4.40. The molecule has 2 aliphatic rings. The second kappa shape index (κ2) is 8.10. The van der Waals surface area contributed by atoms with Crippen LogP contribution in [0.2, 0.25) is 0 Å². The Labute approximate surface area is 161 Å². The minimum Gasteiger partial charge on any atom is -0.508 e. The van der Waals surface area contributed by atoms with Crippen molar-refractivity contribution in [1.82, 2.24) is 0 Å². The number of unbranched alkanes of at least 4 members (excludes halogenated alkanes) is 1. The number of nitrogens with zero attached hydrogens (tertiary/aromatic N) is 3. The van der Waals surface area contributed by atoms with Crippen molar-refractivity contribution in [2.24, 2.45) is 11.0 Å². The first kappa shape index (κ1) is 19.4. The zero-order valence-electron chi connectivity index (χ0n) is 16.5. The third-order valence-corrected chi connectivity index (χ3v) is 5.78. The summed E-state index contributed by atoms with van der Waals surface area (Å²) in [4.78, 5) is 2.75. The topological polar surface area (TPSA) is 78.2 Å². The van der Waals surface area contributed by atoms with E-state index in [1.54, 1.807) is 0 Å². The summed E-state index contributed by atoms with van der Waals surface area (Å²) < 4.78 is 6.36. The number of fused-ring (bicyclic) bond motifs is 3. The maximum absolute atomic E-state index is 10.8. The van der Waals surface area contributed by atoms with Gasteiger partial charge < -0.3 is 9.84 Å². The lowest BCUT2D eigenvalue weighted by atomic mass is 9.67. The number of azide groups is 1. The van der Waals surface area contributed by atoms with E-state index in [1.807, 2.05) is 6.07 Å². The monoisotopic (exact) mass is 367 g/mol. The van der Waals surface area contributed by atoms with E-state index in [0.29, 0.717) is 24.1 Å². The molecule has 0 amide bonds. The molecule has 0 fully saturated rings. The molecule has 1 N–H and O–H groups in total. The molecule has 1 heterocycles. The second-order valence-corrected chi connectivity index (χ2v) is 8.21. The van der Waals surface area contributed by atoms with E-state index in [0.717, 1.165) is 49.0 Å². The Kier molecular flexibility index (Phi) is 5.81. The van der Waals surface area contributed by atoms with Gasteiger partial charge in [-0.05, 0) is 76.1 Å². The molecule has 1 aromatic rings. The van der Waals surface area contributed by atoms with E-state index in [1.165, 1.54) is 5.57 Å². The van der Waals surface area contributed by atoms with E-state index < -0.39 is 0 Å². The summed E-state index contributed by atoms with van der Waals surface area (Å²) in [5, 5.41) is 14.3. The molecule has 1 aliphatic heterocycles. The zero-order valence-corrected chi connectivity index (χ0v) is 16.5. The number of phenols is 1. The molecule has 1 aromatic carbocycles. The molecule has 0 spiro atoms. The summed E-state index contributed by atoms with van der Waals surface area (Å²) in [5.74, 6) is 1.91. The molecule has 5 nitrogen and oxygen atoms in total. The van der Waals surface area contributed by atoms with Gasteiger partial charge in [0.2, 0.25) is 0 Å². The first-order valence-corrected chi connectivity index (χ1v) is 9.78. The lowest BCUT2D eigenvalue weighted by molar-refractivity contribution is 0.00754. The molecular weight excluding hydrogens is 338 g/mol. The van der Waals surface area contributed by atoms with Gasteiger partial charge >= 0.3 is 0 Å². The summed E-state index contributed by atoms with van der Waals surface area (Å²) in [6.07, 6.45) is 11.0. The number of ether oxygens (including phenoxy) is 1. The number of hydrogen-bond acceptors (Lipinski definition) is 3. The molecule has 3 rings (SSSR count). The highest BCUT2D eigenvalue weighted by Gasteiger charge is 2.45. The van der Waals surface area contributed by atoms with Crippen LogP contribution in [0.1, 0.15) is 63.5 Å². The Morgan fingerprint density at radius 3 is 2.96 bits per heavy atom. The van der Waals surface area contributed by atoms with Crippen LogP contribution in [0.25, 0.3) is 10.4 Å². The van der Waals surface area contributed by atoms with Gasteiger partial charge in [-0.3, -0.25) is 0 Å². The molecular formula is C22H29N3O2. The third kappa shape index (κ3) is 4.30. The van der Waals surface area contributed by atoms with Gasteiger partial charge in [0.15, 0.2) is 0 Å². The fraction of sp³-hybridized carbons (Fsp3) is 0.545. The van der Waals surface area contributed by atoms with Gasteiger partial charge in [-0.25, -0.2) is 0 Å². The number of phenolic OH excluding ortho intramolecular Hbond substituents is 1. The third-order valence-electron chi connectivity index (χ3n) is 5.78. The second-order valence-electron chi connectivity index (χ2n) is 8.21. The molecule has 5 heteroatoms. The Hall–Kier alpha value is -2.39. The Morgan fingerprint density at radius 1 is 1.37 bits per heavy atom. The quantitative estimate of drug-likeness (QED) is 0.214. The predicted molar refractivity (Wildman–Crippen MR) is 108 cm³/mol. The number of allylic oxidation sites excluding steroid dienone is 4. The van der Waals surface area contributed by atoms with E-state index >= 15 is 0 Å². The maximum Gasteiger partial charge on any atom is 0.127 e. The Bertz CT molecular complexity index is 804. The van der Waals surface area contributed by atoms with Crippen molar-refractivity contribution in [1.29, 1.82) is 0 Å². The SMILES string of the molecule is CC1=CC[C@H]2C(C1)c1c(O)cc(C/C=C\CCCN=[N+]=[N-])cc1OC2(C)C. The van der Waals surface area contributed by atoms with Crippen LogP contribution >= 0.6 is 0 Å². The average molecular weight is 367 g/mol. The minimum absolute atomic E-state index is 0.239. The van der Waals surface area contributed by atoms with Crippen molar-refractivity contribution in [2.75, 3.05) is 6.54 Å². The molecule has 2 atom stereocenters. The van der Waals surface area contributed by atoms with Gasteiger partial charge in [0.1, 0.15) is 17.1 Å². The number of benzene rings is 1. The average Bonchev–Trinajstić information content (AvgIpc) is 2.59. The van der Waals surface area contributed by atoms with Crippen LogP contribution in [-0.4, -0.2) is 17.3 Å². The van der Waals surface area contributed by atoms with Crippen LogP contribution in [0.4, 0.5) is 0 Å². The fourth-order valence-electron chi connectivity index (χ4n) is 4.40. The summed E-state index contributed by atoms with van der Waals surface area (Å²) in [5.41, 5.74) is 11.5. The molecule has 0 saturated carbocycles. The summed E-state index contributed by atoms with van der Waals surface area (Å²) >= 11 is 0. The van der Waals surface area contributed by atoms with Crippen LogP contribution in [0.3, 0.4) is 0 Å². The van der Waals surface area contributed by atoms with Crippen LogP contribution in [0, 0.1) is 5.92 Å². The van der Waals surface area contributed by atoms with Crippen molar-refractivity contribution in [3.63, 3.8) is 0 Å². The van der Waals surface area contributed by atoms with Crippen LogP contribution in [0.5, 0.6) is 11.5 Å². The summed E-state index contributed by atoms with van der Waals surface area (Å²) in [7, 11) is 0. The van der Waals surface area contributed by atoms with Crippen LogP contribution in [-0.2, 0) is 6.42 Å². The highest BCUT2D eigenvalue weighted by atomic mass is 16.5. The van der Waals surface area contributed by atoms with Crippen molar-refractivity contribution < 1.29 is 9.84 Å². The molecule has 144 valence electrons. The minimum atomic E-state index is -0.239. The first-order valence-electron chi connectivity index (χ1n) is 9.78. The van der Waals surface area contributed by atoms with Gasteiger partial charge in [0, 0.05) is 28.9 Å². The molecule has 1 unspecified atom stereocenters. The van der Waals surface area contributed by atoms with Crippen LogP contribution in [0.15, 0.2) is 41.0 Å². The molecule has 0 bridgehead atoms.